The first-order chi connectivity index (χ1) is 8.17. The Kier molecular flexibility index (Phi) is 2.74. The predicted molar refractivity (Wildman–Crippen MR) is 69.0 cm³/mol. The van der Waals surface area contributed by atoms with Crippen LogP contribution in [0.15, 0.2) is 12.5 Å². The van der Waals surface area contributed by atoms with Gasteiger partial charge in [0.1, 0.15) is 0 Å². The maximum atomic E-state index is 4.37. The zero-order valence-corrected chi connectivity index (χ0v) is 10.9. The molecule has 1 N–H and O–H groups in total. The van der Waals surface area contributed by atoms with Gasteiger partial charge in [0.15, 0.2) is 0 Å². The summed E-state index contributed by atoms with van der Waals surface area (Å²) in [5, 5.41) is 3.43. The Morgan fingerprint density at radius 3 is 2.76 bits per heavy atom. The third-order valence-electron chi connectivity index (χ3n) is 4.64. The summed E-state index contributed by atoms with van der Waals surface area (Å²) >= 11 is 0. The number of nitrogens with zero attached hydrogens (tertiary/aromatic N) is 2. The van der Waals surface area contributed by atoms with E-state index < -0.39 is 0 Å². The van der Waals surface area contributed by atoms with E-state index in [0.29, 0.717) is 5.41 Å². The molecule has 1 aromatic rings. The number of hydrogen-bond donors (Lipinski definition) is 1. The fourth-order valence-corrected chi connectivity index (χ4v) is 3.07. The van der Waals surface area contributed by atoms with Gasteiger partial charge < -0.3 is 9.88 Å². The van der Waals surface area contributed by atoms with Crippen LogP contribution in [-0.2, 0) is 6.54 Å². The van der Waals surface area contributed by atoms with Crippen LogP contribution in [0.3, 0.4) is 0 Å². The van der Waals surface area contributed by atoms with Gasteiger partial charge >= 0.3 is 0 Å². The predicted octanol–water partition coefficient (Wildman–Crippen LogP) is 2.40. The molecule has 2 heterocycles. The van der Waals surface area contributed by atoms with Gasteiger partial charge in [0.25, 0.3) is 0 Å². The summed E-state index contributed by atoms with van der Waals surface area (Å²) in [7, 11) is 0. The summed E-state index contributed by atoms with van der Waals surface area (Å²) in [6, 6.07) is 0. The highest BCUT2D eigenvalue weighted by Gasteiger charge is 2.45. The minimum atomic E-state index is 0.565. The highest BCUT2D eigenvalue weighted by atomic mass is 15.1. The van der Waals surface area contributed by atoms with Gasteiger partial charge in [0.05, 0.1) is 6.33 Å². The van der Waals surface area contributed by atoms with Gasteiger partial charge in [-0.25, -0.2) is 4.98 Å². The molecule has 1 aliphatic heterocycles. The van der Waals surface area contributed by atoms with Gasteiger partial charge in [0, 0.05) is 24.4 Å². The van der Waals surface area contributed by atoms with Gasteiger partial charge in [0.2, 0.25) is 0 Å². The topological polar surface area (TPSA) is 29.9 Å². The van der Waals surface area contributed by atoms with Crippen LogP contribution in [0.25, 0.3) is 0 Å². The highest BCUT2D eigenvalue weighted by molar-refractivity contribution is 5.09. The average Bonchev–Trinajstić information content (AvgIpc) is 2.76. The van der Waals surface area contributed by atoms with E-state index in [1.54, 1.807) is 0 Å². The number of rotatable bonds is 3. The summed E-state index contributed by atoms with van der Waals surface area (Å²) in [6.07, 6.45) is 8.02. The number of hydrogen-bond acceptors (Lipinski definition) is 2. The minimum Gasteiger partial charge on any atom is -0.334 e. The molecule has 1 aromatic heterocycles. The number of imidazole rings is 1. The molecule has 3 heteroatoms. The zero-order chi connectivity index (χ0) is 11.9. The van der Waals surface area contributed by atoms with Crippen molar-refractivity contribution >= 4 is 0 Å². The molecule has 3 rings (SSSR count). The molecular formula is C14H23N3. The molecule has 0 amide bonds. The SMILES string of the molecule is CC1(C)CC1Cn1cncc1C1CCNCC1. The van der Waals surface area contributed by atoms with E-state index >= 15 is 0 Å². The lowest BCUT2D eigenvalue weighted by Gasteiger charge is -2.23. The monoisotopic (exact) mass is 233 g/mol. The summed E-state index contributed by atoms with van der Waals surface area (Å²) in [5.74, 6) is 1.58. The number of aromatic nitrogens is 2. The molecule has 2 fully saturated rings. The van der Waals surface area contributed by atoms with Crippen LogP contribution in [0.1, 0.15) is 44.7 Å². The first-order valence-electron chi connectivity index (χ1n) is 6.87. The Hall–Kier alpha value is -0.830. The van der Waals surface area contributed by atoms with Crippen LogP contribution in [0.5, 0.6) is 0 Å². The molecule has 94 valence electrons. The molecule has 17 heavy (non-hydrogen) atoms. The van der Waals surface area contributed by atoms with Crippen molar-refractivity contribution in [3.63, 3.8) is 0 Å². The third-order valence-corrected chi connectivity index (χ3v) is 4.64. The lowest BCUT2D eigenvalue weighted by Crippen LogP contribution is -2.27. The second-order valence-corrected chi connectivity index (χ2v) is 6.38. The maximum Gasteiger partial charge on any atom is 0.0948 e. The lowest BCUT2D eigenvalue weighted by molar-refractivity contribution is 0.424. The molecule has 1 aliphatic carbocycles. The van der Waals surface area contributed by atoms with Gasteiger partial charge in [-0.3, -0.25) is 0 Å². The zero-order valence-electron chi connectivity index (χ0n) is 10.9. The summed E-state index contributed by atoms with van der Waals surface area (Å²) in [5.41, 5.74) is 2.03. The Bertz CT molecular complexity index is 388. The van der Waals surface area contributed by atoms with E-state index in [4.69, 9.17) is 0 Å². The molecule has 0 spiro atoms. The summed E-state index contributed by atoms with van der Waals surface area (Å²) < 4.78 is 2.41. The van der Waals surface area contributed by atoms with Gasteiger partial charge in [-0.2, -0.15) is 0 Å². The van der Waals surface area contributed by atoms with Crippen LogP contribution < -0.4 is 5.32 Å². The molecule has 1 saturated carbocycles. The van der Waals surface area contributed by atoms with Crippen LogP contribution in [-0.4, -0.2) is 22.6 Å². The van der Waals surface area contributed by atoms with E-state index in [0.717, 1.165) is 24.9 Å². The molecule has 1 atom stereocenters. The van der Waals surface area contributed by atoms with Gasteiger partial charge in [-0.05, 0) is 43.7 Å². The van der Waals surface area contributed by atoms with Crippen LogP contribution in [0, 0.1) is 11.3 Å². The Labute approximate surface area is 104 Å². The first-order valence-corrected chi connectivity index (χ1v) is 6.87. The van der Waals surface area contributed by atoms with Crippen LogP contribution in [0.2, 0.25) is 0 Å². The van der Waals surface area contributed by atoms with E-state index in [-0.39, 0.29) is 0 Å². The highest BCUT2D eigenvalue weighted by Crippen LogP contribution is 2.52. The van der Waals surface area contributed by atoms with Crippen molar-refractivity contribution in [2.75, 3.05) is 13.1 Å². The number of nitrogens with one attached hydrogen (secondary N) is 1. The van der Waals surface area contributed by atoms with Crippen molar-refractivity contribution < 1.29 is 0 Å². The van der Waals surface area contributed by atoms with Crippen molar-refractivity contribution in [1.29, 1.82) is 0 Å². The molecule has 3 nitrogen and oxygen atoms in total. The lowest BCUT2D eigenvalue weighted by atomic mass is 9.95. The van der Waals surface area contributed by atoms with Crippen LogP contribution in [0.4, 0.5) is 0 Å². The van der Waals surface area contributed by atoms with E-state index in [2.05, 4.69) is 34.9 Å². The van der Waals surface area contributed by atoms with Gasteiger partial charge in [-0.1, -0.05) is 13.8 Å². The van der Waals surface area contributed by atoms with Crippen molar-refractivity contribution in [2.45, 2.75) is 45.6 Å². The Balaban J connectivity index is 1.70. The summed E-state index contributed by atoms with van der Waals surface area (Å²) in [6.45, 7) is 8.24. The second-order valence-electron chi connectivity index (χ2n) is 6.38. The fourth-order valence-electron chi connectivity index (χ4n) is 3.07. The normalized spacial score (nSPS) is 28.2. The molecule has 1 saturated heterocycles. The van der Waals surface area contributed by atoms with Crippen molar-refractivity contribution in [3.8, 4) is 0 Å². The average molecular weight is 233 g/mol. The number of piperidine rings is 1. The van der Waals surface area contributed by atoms with Crippen molar-refractivity contribution in [2.24, 2.45) is 11.3 Å². The fraction of sp³-hybridized carbons (Fsp3) is 0.786. The van der Waals surface area contributed by atoms with Gasteiger partial charge in [-0.15, -0.1) is 0 Å². The van der Waals surface area contributed by atoms with Crippen molar-refractivity contribution in [1.82, 2.24) is 14.9 Å². The smallest absolute Gasteiger partial charge is 0.0948 e. The quantitative estimate of drug-likeness (QED) is 0.869. The largest absolute Gasteiger partial charge is 0.334 e. The van der Waals surface area contributed by atoms with E-state index in [1.807, 2.05) is 6.33 Å². The standard InChI is InChI=1S/C14H23N3/c1-14(2)7-12(14)9-17-10-16-8-13(17)11-3-5-15-6-4-11/h8,10-12,15H,3-7,9H2,1-2H3. The third kappa shape index (κ3) is 2.25. The van der Waals surface area contributed by atoms with Crippen LogP contribution >= 0.6 is 0 Å². The Morgan fingerprint density at radius 2 is 2.12 bits per heavy atom. The molecule has 1 unspecified atom stereocenters. The first kappa shape index (κ1) is 11.3. The molecule has 2 aliphatic rings. The molecule has 0 aromatic carbocycles. The Morgan fingerprint density at radius 1 is 1.41 bits per heavy atom. The van der Waals surface area contributed by atoms with Crippen molar-refractivity contribution in [3.05, 3.63) is 18.2 Å². The minimum absolute atomic E-state index is 0.565. The second kappa shape index (κ2) is 4.13. The van der Waals surface area contributed by atoms with E-state index in [9.17, 15) is 0 Å². The molecule has 0 bridgehead atoms. The molecular weight excluding hydrogens is 210 g/mol. The van der Waals surface area contributed by atoms with E-state index in [1.165, 1.54) is 31.5 Å². The maximum absolute atomic E-state index is 4.37. The summed E-state index contributed by atoms with van der Waals surface area (Å²) in [4.78, 5) is 4.37. The molecule has 0 radical (unpaired) electrons.